The van der Waals surface area contributed by atoms with Crippen LogP contribution in [0.15, 0.2) is 17.0 Å². The lowest BCUT2D eigenvalue weighted by Crippen LogP contribution is -2.40. The van der Waals surface area contributed by atoms with Gasteiger partial charge < -0.3 is 10.2 Å². The van der Waals surface area contributed by atoms with Crippen molar-refractivity contribution in [1.29, 1.82) is 0 Å². The molecule has 7 heteroatoms. The van der Waals surface area contributed by atoms with Gasteiger partial charge in [-0.1, -0.05) is 36.1 Å². The number of nitrogens with zero attached hydrogens (tertiary/aromatic N) is 3. The first-order valence-corrected chi connectivity index (χ1v) is 8.58. The topological polar surface area (TPSA) is 58.1 Å². The number of likely N-dealkylation sites (tertiary alicyclic amines) is 1. The number of piperidine rings is 1. The van der Waals surface area contributed by atoms with E-state index in [1.54, 1.807) is 6.08 Å². The van der Waals surface area contributed by atoms with E-state index in [1.807, 2.05) is 4.90 Å². The van der Waals surface area contributed by atoms with E-state index in [9.17, 15) is 4.79 Å². The summed E-state index contributed by atoms with van der Waals surface area (Å²) in [5.41, 5.74) is 0. The lowest BCUT2D eigenvalue weighted by atomic mass is 10.0. The van der Waals surface area contributed by atoms with Crippen LogP contribution in [0.2, 0.25) is 0 Å². The van der Waals surface area contributed by atoms with Crippen LogP contribution < -0.4 is 5.32 Å². The maximum absolute atomic E-state index is 12.1. The van der Waals surface area contributed by atoms with Gasteiger partial charge in [-0.15, -0.1) is 16.8 Å². The average molecular weight is 312 g/mol. The summed E-state index contributed by atoms with van der Waals surface area (Å²) in [6.07, 6.45) is 4.12. The van der Waals surface area contributed by atoms with Crippen molar-refractivity contribution in [3.63, 3.8) is 0 Å². The van der Waals surface area contributed by atoms with Gasteiger partial charge >= 0.3 is 0 Å². The normalized spacial score (nSPS) is 18.9. The van der Waals surface area contributed by atoms with Crippen molar-refractivity contribution >= 4 is 34.1 Å². The molecule has 0 radical (unpaired) electrons. The van der Waals surface area contributed by atoms with E-state index in [4.69, 9.17) is 0 Å². The SMILES string of the molecule is C=CCNc1nnc(SCC(=O)N2CCC[C@@H](C)C2)s1. The molecule has 5 nitrogen and oxygen atoms in total. The Labute approximate surface area is 127 Å². The molecular weight excluding hydrogens is 292 g/mol. The van der Waals surface area contributed by atoms with E-state index in [0.717, 1.165) is 29.0 Å². The number of rotatable bonds is 6. The number of amides is 1. The van der Waals surface area contributed by atoms with Gasteiger partial charge in [0.25, 0.3) is 0 Å². The Hall–Kier alpha value is -1.08. The Kier molecular flexibility index (Phi) is 5.85. The molecule has 1 fully saturated rings. The third-order valence-electron chi connectivity index (χ3n) is 3.13. The standard InChI is InChI=1S/C13H20N4OS2/c1-3-6-14-12-15-16-13(20-12)19-9-11(18)17-7-4-5-10(2)8-17/h3,10H,1,4-9H2,2H3,(H,14,15)/t10-/m1/s1. The molecule has 0 aliphatic carbocycles. The predicted molar refractivity (Wildman–Crippen MR) is 84.3 cm³/mol. The van der Waals surface area contributed by atoms with Crippen LogP contribution in [0.25, 0.3) is 0 Å². The summed E-state index contributed by atoms with van der Waals surface area (Å²) in [7, 11) is 0. The van der Waals surface area contributed by atoms with E-state index in [2.05, 4.69) is 29.0 Å². The first kappa shape index (κ1) is 15.3. The number of hydrogen-bond acceptors (Lipinski definition) is 6. The van der Waals surface area contributed by atoms with Gasteiger partial charge in [0.2, 0.25) is 11.0 Å². The van der Waals surface area contributed by atoms with Gasteiger partial charge in [0.15, 0.2) is 4.34 Å². The Morgan fingerprint density at radius 3 is 3.25 bits per heavy atom. The number of carbonyl (C=O) groups excluding carboxylic acids is 1. The highest BCUT2D eigenvalue weighted by Crippen LogP contribution is 2.26. The number of hydrogen-bond donors (Lipinski definition) is 1. The lowest BCUT2D eigenvalue weighted by Gasteiger charge is -2.30. The van der Waals surface area contributed by atoms with Crippen LogP contribution in [0.5, 0.6) is 0 Å². The lowest BCUT2D eigenvalue weighted by molar-refractivity contribution is -0.130. The van der Waals surface area contributed by atoms with Crippen molar-refractivity contribution in [2.45, 2.75) is 24.1 Å². The molecule has 1 amide bonds. The van der Waals surface area contributed by atoms with E-state index >= 15 is 0 Å². The van der Waals surface area contributed by atoms with Crippen LogP contribution in [-0.2, 0) is 4.79 Å². The minimum atomic E-state index is 0.206. The van der Waals surface area contributed by atoms with E-state index in [0.29, 0.717) is 18.2 Å². The molecule has 1 aliphatic heterocycles. The summed E-state index contributed by atoms with van der Waals surface area (Å²) in [4.78, 5) is 14.1. The second-order valence-corrected chi connectivity index (χ2v) is 7.12. The first-order chi connectivity index (χ1) is 9.69. The van der Waals surface area contributed by atoms with Crippen molar-refractivity contribution in [1.82, 2.24) is 15.1 Å². The molecule has 110 valence electrons. The number of nitrogens with one attached hydrogen (secondary N) is 1. The Morgan fingerprint density at radius 2 is 2.50 bits per heavy atom. The van der Waals surface area contributed by atoms with Crippen molar-refractivity contribution in [2.75, 3.05) is 30.7 Å². The maximum atomic E-state index is 12.1. The fourth-order valence-electron chi connectivity index (χ4n) is 2.13. The van der Waals surface area contributed by atoms with Crippen LogP contribution in [-0.4, -0.2) is 46.4 Å². The molecule has 1 aromatic heterocycles. The molecule has 0 saturated carbocycles. The third kappa shape index (κ3) is 4.49. The summed E-state index contributed by atoms with van der Waals surface area (Å²) < 4.78 is 0.829. The number of anilines is 1. The number of carbonyl (C=O) groups is 1. The molecule has 0 bridgehead atoms. The van der Waals surface area contributed by atoms with Crippen LogP contribution in [0.4, 0.5) is 5.13 Å². The Morgan fingerprint density at radius 1 is 1.65 bits per heavy atom. The molecule has 20 heavy (non-hydrogen) atoms. The molecule has 2 rings (SSSR count). The van der Waals surface area contributed by atoms with Crippen molar-refractivity contribution in [3.8, 4) is 0 Å². The van der Waals surface area contributed by atoms with Crippen LogP contribution >= 0.6 is 23.1 Å². The monoisotopic (exact) mass is 312 g/mol. The van der Waals surface area contributed by atoms with Crippen LogP contribution in [0, 0.1) is 5.92 Å². The first-order valence-electron chi connectivity index (χ1n) is 6.78. The van der Waals surface area contributed by atoms with Gasteiger partial charge in [-0.25, -0.2) is 0 Å². The van der Waals surface area contributed by atoms with Gasteiger partial charge in [-0.05, 0) is 18.8 Å². The molecule has 0 spiro atoms. The van der Waals surface area contributed by atoms with E-state index in [-0.39, 0.29) is 5.91 Å². The maximum Gasteiger partial charge on any atom is 0.233 e. The van der Waals surface area contributed by atoms with Gasteiger partial charge in [0.1, 0.15) is 0 Å². The quantitative estimate of drug-likeness (QED) is 0.646. The predicted octanol–water partition coefficient (Wildman–Crippen LogP) is 2.49. The summed E-state index contributed by atoms with van der Waals surface area (Å²) >= 11 is 2.94. The van der Waals surface area contributed by atoms with Gasteiger partial charge in [0.05, 0.1) is 5.75 Å². The zero-order chi connectivity index (χ0) is 14.4. The number of aromatic nitrogens is 2. The molecule has 2 heterocycles. The van der Waals surface area contributed by atoms with Crippen LogP contribution in [0.3, 0.4) is 0 Å². The largest absolute Gasteiger partial charge is 0.357 e. The second-order valence-electron chi connectivity index (χ2n) is 4.92. The molecule has 0 aromatic carbocycles. The number of thioether (sulfide) groups is 1. The highest BCUT2D eigenvalue weighted by molar-refractivity contribution is 8.01. The second kappa shape index (κ2) is 7.64. The summed E-state index contributed by atoms with van der Waals surface area (Å²) in [5.74, 6) is 1.27. The zero-order valence-corrected chi connectivity index (χ0v) is 13.3. The van der Waals surface area contributed by atoms with Crippen molar-refractivity contribution in [2.24, 2.45) is 5.92 Å². The van der Waals surface area contributed by atoms with E-state index in [1.165, 1.54) is 29.5 Å². The minimum absolute atomic E-state index is 0.206. The molecule has 1 saturated heterocycles. The molecule has 1 aromatic rings. The average Bonchev–Trinajstić information content (AvgIpc) is 2.90. The smallest absolute Gasteiger partial charge is 0.233 e. The van der Waals surface area contributed by atoms with Crippen molar-refractivity contribution < 1.29 is 4.79 Å². The summed E-state index contributed by atoms with van der Waals surface area (Å²) in [6, 6.07) is 0. The highest BCUT2D eigenvalue weighted by atomic mass is 32.2. The highest BCUT2D eigenvalue weighted by Gasteiger charge is 2.21. The fraction of sp³-hybridized carbons (Fsp3) is 0.615. The summed E-state index contributed by atoms with van der Waals surface area (Å²) in [6.45, 7) is 8.30. The van der Waals surface area contributed by atoms with Crippen molar-refractivity contribution in [3.05, 3.63) is 12.7 Å². The minimum Gasteiger partial charge on any atom is -0.357 e. The Balaban J connectivity index is 1.77. The Bertz CT molecular complexity index is 463. The van der Waals surface area contributed by atoms with Gasteiger partial charge in [-0.2, -0.15) is 0 Å². The third-order valence-corrected chi connectivity index (χ3v) is 5.13. The molecule has 1 N–H and O–H groups in total. The van der Waals surface area contributed by atoms with Crippen LogP contribution in [0.1, 0.15) is 19.8 Å². The zero-order valence-electron chi connectivity index (χ0n) is 11.7. The van der Waals surface area contributed by atoms with E-state index < -0.39 is 0 Å². The van der Waals surface area contributed by atoms with Gasteiger partial charge in [-0.3, -0.25) is 4.79 Å². The molecule has 1 aliphatic rings. The molecule has 0 unspecified atom stereocenters. The van der Waals surface area contributed by atoms with Gasteiger partial charge in [0, 0.05) is 19.6 Å². The molecule has 1 atom stereocenters. The fourth-order valence-corrected chi connectivity index (χ4v) is 3.79. The summed E-state index contributed by atoms with van der Waals surface area (Å²) in [5, 5.41) is 11.9. The molecular formula is C13H20N4OS2.